The van der Waals surface area contributed by atoms with Crippen LogP contribution in [0.25, 0.3) is 0 Å². The number of nitrogens with two attached hydrogens (primary N) is 1. The average molecular weight is 248 g/mol. The summed E-state index contributed by atoms with van der Waals surface area (Å²) in [6.45, 7) is 2.50. The molecule has 1 aliphatic carbocycles. The van der Waals surface area contributed by atoms with E-state index in [4.69, 9.17) is 10.5 Å². The fourth-order valence-electron chi connectivity index (χ4n) is 3.13. The maximum atomic E-state index is 9.22. The van der Waals surface area contributed by atoms with Crippen LogP contribution in [0.3, 0.4) is 0 Å². The molecule has 1 fully saturated rings. The van der Waals surface area contributed by atoms with Crippen LogP contribution in [0, 0.1) is 0 Å². The highest BCUT2D eigenvalue weighted by molar-refractivity contribution is 5.37. The lowest BCUT2D eigenvalue weighted by Gasteiger charge is -2.36. The van der Waals surface area contributed by atoms with E-state index in [-0.39, 0.29) is 18.8 Å². The van der Waals surface area contributed by atoms with Gasteiger partial charge in [0.15, 0.2) is 0 Å². The summed E-state index contributed by atoms with van der Waals surface area (Å²) in [6, 6.07) is 8.96. The Balaban J connectivity index is 1.81. The quantitative estimate of drug-likeness (QED) is 0.813. The number of aliphatic hydroxyl groups excluding tert-OH is 1. The standard InChI is InChI=1S/C14H20N2O2/c15-13-7-14(12-4-2-1-3-11(12)13)16-5-6-18-10(8-16)9-17/h1-4,10,13-14,17H,5-9,15H2. The first-order chi connectivity index (χ1) is 8.79. The Labute approximate surface area is 107 Å². The first kappa shape index (κ1) is 12.1. The predicted octanol–water partition coefficient (Wildman–Crippen LogP) is 0.824. The van der Waals surface area contributed by atoms with Crippen LogP contribution >= 0.6 is 0 Å². The molecule has 0 saturated carbocycles. The zero-order chi connectivity index (χ0) is 12.5. The van der Waals surface area contributed by atoms with E-state index in [0.29, 0.717) is 12.6 Å². The van der Waals surface area contributed by atoms with Gasteiger partial charge >= 0.3 is 0 Å². The molecule has 1 aliphatic heterocycles. The molecule has 1 aromatic carbocycles. The van der Waals surface area contributed by atoms with E-state index >= 15 is 0 Å². The second kappa shape index (κ2) is 4.97. The van der Waals surface area contributed by atoms with Crippen LogP contribution in [0.15, 0.2) is 24.3 Å². The Morgan fingerprint density at radius 2 is 2.11 bits per heavy atom. The minimum Gasteiger partial charge on any atom is -0.394 e. The molecule has 3 atom stereocenters. The fraction of sp³-hybridized carbons (Fsp3) is 0.571. The molecule has 2 aliphatic rings. The molecule has 0 aromatic heterocycles. The van der Waals surface area contributed by atoms with Gasteiger partial charge in [0.25, 0.3) is 0 Å². The SMILES string of the molecule is NC1CC(N2CCOC(CO)C2)c2ccccc21. The van der Waals surface area contributed by atoms with Crippen LogP contribution < -0.4 is 5.73 Å². The summed E-state index contributed by atoms with van der Waals surface area (Å²) in [5.74, 6) is 0. The highest BCUT2D eigenvalue weighted by Crippen LogP contribution is 2.41. The number of ether oxygens (including phenoxy) is 1. The van der Waals surface area contributed by atoms with Gasteiger partial charge in [-0.2, -0.15) is 0 Å². The molecule has 0 radical (unpaired) electrons. The lowest BCUT2D eigenvalue weighted by atomic mass is 10.1. The second-order valence-corrected chi connectivity index (χ2v) is 5.16. The van der Waals surface area contributed by atoms with Gasteiger partial charge < -0.3 is 15.6 Å². The first-order valence-corrected chi connectivity index (χ1v) is 6.60. The number of morpholine rings is 1. The van der Waals surface area contributed by atoms with Gasteiger partial charge in [-0.25, -0.2) is 0 Å². The van der Waals surface area contributed by atoms with Crippen molar-refractivity contribution < 1.29 is 9.84 Å². The Morgan fingerprint density at radius 3 is 2.89 bits per heavy atom. The normalized spacial score (nSPS) is 32.4. The van der Waals surface area contributed by atoms with E-state index < -0.39 is 0 Å². The van der Waals surface area contributed by atoms with Crippen molar-refractivity contribution in [3.63, 3.8) is 0 Å². The van der Waals surface area contributed by atoms with Gasteiger partial charge in [-0.1, -0.05) is 24.3 Å². The topological polar surface area (TPSA) is 58.7 Å². The van der Waals surface area contributed by atoms with Gasteiger partial charge in [-0.15, -0.1) is 0 Å². The van der Waals surface area contributed by atoms with E-state index in [1.165, 1.54) is 11.1 Å². The van der Waals surface area contributed by atoms with Crippen LogP contribution in [0.1, 0.15) is 29.6 Å². The van der Waals surface area contributed by atoms with Crippen LogP contribution in [0.4, 0.5) is 0 Å². The van der Waals surface area contributed by atoms with Crippen LogP contribution in [-0.2, 0) is 4.74 Å². The predicted molar refractivity (Wildman–Crippen MR) is 69.1 cm³/mol. The molecule has 0 bridgehead atoms. The van der Waals surface area contributed by atoms with E-state index in [2.05, 4.69) is 29.2 Å². The lowest BCUT2D eigenvalue weighted by Crippen LogP contribution is -2.45. The van der Waals surface area contributed by atoms with Gasteiger partial charge in [0.05, 0.1) is 19.3 Å². The smallest absolute Gasteiger partial charge is 0.0933 e. The summed E-state index contributed by atoms with van der Waals surface area (Å²) in [5.41, 5.74) is 8.83. The molecule has 1 saturated heterocycles. The molecule has 3 rings (SSSR count). The van der Waals surface area contributed by atoms with E-state index in [1.54, 1.807) is 0 Å². The Bertz CT molecular complexity index is 424. The Hall–Kier alpha value is -0.940. The number of rotatable bonds is 2. The van der Waals surface area contributed by atoms with Crippen molar-refractivity contribution >= 4 is 0 Å². The number of hydrogen-bond acceptors (Lipinski definition) is 4. The molecule has 4 nitrogen and oxygen atoms in total. The lowest BCUT2D eigenvalue weighted by molar-refractivity contribution is -0.0655. The number of nitrogens with zero attached hydrogens (tertiary/aromatic N) is 1. The minimum atomic E-state index is -0.0530. The first-order valence-electron chi connectivity index (χ1n) is 6.60. The summed E-state index contributed by atoms with van der Waals surface area (Å²) in [6.07, 6.45) is 0.917. The van der Waals surface area contributed by atoms with Crippen molar-refractivity contribution in [2.75, 3.05) is 26.3 Å². The summed E-state index contributed by atoms with van der Waals surface area (Å²) in [5, 5.41) is 9.22. The Morgan fingerprint density at radius 1 is 1.33 bits per heavy atom. The van der Waals surface area contributed by atoms with Crippen molar-refractivity contribution in [2.24, 2.45) is 5.73 Å². The summed E-state index contributed by atoms with van der Waals surface area (Å²) in [7, 11) is 0. The molecule has 98 valence electrons. The molecular formula is C14H20N2O2. The third-order valence-corrected chi connectivity index (χ3v) is 4.05. The summed E-state index contributed by atoms with van der Waals surface area (Å²) in [4.78, 5) is 2.40. The van der Waals surface area contributed by atoms with Crippen LogP contribution in [0.5, 0.6) is 0 Å². The van der Waals surface area contributed by atoms with E-state index in [0.717, 1.165) is 19.5 Å². The van der Waals surface area contributed by atoms with Gasteiger partial charge in [0.2, 0.25) is 0 Å². The van der Waals surface area contributed by atoms with E-state index in [1.807, 2.05) is 0 Å². The largest absolute Gasteiger partial charge is 0.394 e. The maximum Gasteiger partial charge on any atom is 0.0933 e. The monoisotopic (exact) mass is 248 g/mol. The average Bonchev–Trinajstić information content (AvgIpc) is 2.77. The minimum absolute atomic E-state index is 0.0530. The van der Waals surface area contributed by atoms with Crippen molar-refractivity contribution in [3.8, 4) is 0 Å². The highest BCUT2D eigenvalue weighted by atomic mass is 16.5. The zero-order valence-corrected chi connectivity index (χ0v) is 10.5. The maximum absolute atomic E-state index is 9.22. The molecular weight excluding hydrogens is 228 g/mol. The number of fused-ring (bicyclic) bond motifs is 1. The van der Waals surface area contributed by atoms with Gasteiger partial charge in [0, 0.05) is 25.2 Å². The van der Waals surface area contributed by atoms with Gasteiger partial charge in [-0.05, 0) is 17.5 Å². The molecule has 0 spiro atoms. The third-order valence-electron chi connectivity index (χ3n) is 4.05. The number of hydrogen-bond donors (Lipinski definition) is 2. The van der Waals surface area contributed by atoms with E-state index in [9.17, 15) is 5.11 Å². The molecule has 3 N–H and O–H groups in total. The number of aliphatic hydroxyl groups is 1. The molecule has 18 heavy (non-hydrogen) atoms. The summed E-state index contributed by atoms with van der Waals surface area (Å²) < 4.78 is 5.51. The van der Waals surface area contributed by atoms with Crippen molar-refractivity contribution in [3.05, 3.63) is 35.4 Å². The highest BCUT2D eigenvalue weighted by Gasteiger charge is 2.34. The zero-order valence-electron chi connectivity index (χ0n) is 10.5. The van der Waals surface area contributed by atoms with Crippen LogP contribution in [0.2, 0.25) is 0 Å². The van der Waals surface area contributed by atoms with Crippen molar-refractivity contribution in [1.82, 2.24) is 4.90 Å². The van der Waals surface area contributed by atoms with Gasteiger partial charge in [0.1, 0.15) is 0 Å². The summed E-state index contributed by atoms with van der Waals surface area (Å²) >= 11 is 0. The van der Waals surface area contributed by atoms with Crippen molar-refractivity contribution in [2.45, 2.75) is 24.6 Å². The second-order valence-electron chi connectivity index (χ2n) is 5.16. The molecule has 1 aromatic rings. The molecule has 0 amide bonds. The Kier molecular flexibility index (Phi) is 3.35. The molecule has 3 unspecified atom stereocenters. The molecule has 1 heterocycles. The third kappa shape index (κ3) is 2.06. The van der Waals surface area contributed by atoms with Crippen LogP contribution in [-0.4, -0.2) is 42.4 Å². The fourth-order valence-corrected chi connectivity index (χ4v) is 3.13. The molecule has 4 heteroatoms. The van der Waals surface area contributed by atoms with Gasteiger partial charge in [-0.3, -0.25) is 4.90 Å². The van der Waals surface area contributed by atoms with Crippen molar-refractivity contribution in [1.29, 1.82) is 0 Å². The number of benzene rings is 1.